The van der Waals surface area contributed by atoms with Gasteiger partial charge in [-0.25, -0.2) is 0 Å². The van der Waals surface area contributed by atoms with Crippen molar-refractivity contribution in [3.05, 3.63) is 59.4 Å². The number of benzene rings is 1. The van der Waals surface area contributed by atoms with Crippen molar-refractivity contribution in [2.45, 2.75) is 37.9 Å². The van der Waals surface area contributed by atoms with E-state index in [0.29, 0.717) is 18.6 Å². The lowest BCUT2D eigenvalue weighted by Crippen LogP contribution is -2.42. The van der Waals surface area contributed by atoms with Crippen LogP contribution in [0.15, 0.2) is 42.6 Å². The second-order valence-electron chi connectivity index (χ2n) is 6.45. The van der Waals surface area contributed by atoms with Crippen molar-refractivity contribution in [3.8, 4) is 5.75 Å². The molecule has 0 fully saturated rings. The number of aryl methyl sites for hydroxylation is 1. The quantitative estimate of drug-likeness (QED) is 0.635. The van der Waals surface area contributed by atoms with Gasteiger partial charge in [0.15, 0.2) is 5.62 Å². The minimum atomic E-state index is -0.824. The largest absolute Gasteiger partial charge is 0.493 e. The maximum atomic E-state index is 12.1. The minimum absolute atomic E-state index is 0.165. The summed E-state index contributed by atoms with van der Waals surface area (Å²) in [6, 6.07) is 11.8. The number of thioether (sulfide) groups is 1. The summed E-state index contributed by atoms with van der Waals surface area (Å²) in [7, 11) is 1.58. The van der Waals surface area contributed by atoms with Crippen molar-refractivity contribution in [3.63, 3.8) is 0 Å². The molecular weight excluding hydrogens is 360 g/mol. The predicted octanol–water partition coefficient (Wildman–Crippen LogP) is 3.24. The second kappa shape index (κ2) is 10.1. The van der Waals surface area contributed by atoms with Crippen LogP contribution in [-0.4, -0.2) is 34.9 Å². The highest BCUT2D eigenvalue weighted by Crippen LogP contribution is 2.28. The van der Waals surface area contributed by atoms with Crippen molar-refractivity contribution >= 4 is 23.3 Å². The summed E-state index contributed by atoms with van der Waals surface area (Å²) in [5.41, 5.74) is 3.93. The van der Waals surface area contributed by atoms with Crippen molar-refractivity contribution < 1.29 is 14.3 Å². The average molecular weight is 387 g/mol. The SMILES string of the molecule is CCc1ccc(CCOc2ccc(CC(C)(SC=O)C(=O)NC)cc2)nc1. The highest BCUT2D eigenvalue weighted by molar-refractivity contribution is 8.13. The molecule has 1 amide bonds. The summed E-state index contributed by atoms with van der Waals surface area (Å²) in [5.74, 6) is 0.607. The first-order valence-corrected chi connectivity index (χ1v) is 9.88. The van der Waals surface area contributed by atoms with E-state index in [0.717, 1.165) is 41.6 Å². The van der Waals surface area contributed by atoms with Gasteiger partial charge in [0.05, 0.1) is 6.61 Å². The van der Waals surface area contributed by atoms with Crippen LogP contribution in [0.25, 0.3) is 0 Å². The van der Waals surface area contributed by atoms with Crippen LogP contribution in [0.3, 0.4) is 0 Å². The molecule has 2 rings (SSSR count). The monoisotopic (exact) mass is 386 g/mol. The van der Waals surface area contributed by atoms with E-state index in [4.69, 9.17) is 4.74 Å². The first-order chi connectivity index (χ1) is 13.0. The Morgan fingerprint density at radius 1 is 1.22 bits per heavy atom. The molecule has 5 nitrogen and oxygen atoms in total. The number of aromatic nitrogens is 1. The predicted molar refractivity (Wildman–Crippen MR) is 110 cm³/mol. The van der Waals surface area contributed by atoms with E-state index < -0.39 is 4.75 Å². The number of rotatable bonds is 10. The van der Waals surface area contributed by atoms with Gasteiger partial charge in [-0.05, 0) is 49.1 Å². The fourth-order valence-corrected chi connectivity index (χ4v) is 3.40. The summed E-state index contributed by atoms with van der Waals surface area (Å²) in [6.45, 7) is 4.43. The molecule has 1 aromatic heterocycles. The highest BCUT2D eigenvalue weighted by Gasteiger charge is 2.33. The first kappa shape index (κ1) is 21.0. The summed E-state index contributed by atoms with van der Waals surface area (Å²) in [6.07, 6.45) is 4.10. The summed E-state index contributed by atoms with van der Waals surface area (Å²) < 4.78 is 4.96. The lowest BCUT2D eigenvalue weighted by Gasteiger charge is -2.24. The minimum Gasteiger partial charge on any atom is -0.493 e. The Bertz CT molecular complexity index is 747. The number of nitrogens with one attached hydrogen (secondary N) is 1. The third-order valence-corrected chi connectivity index (χ3v) is 5.35. The molecule has 0 aliphatic carbocycles. The van der Waals surface area contributed by atoms with Gasteiger partial charge in [-0.1, -0.05) is 36.9 Å². The van der Waals surface area contributed by atoms with Gasteiger partial charge in [0.1, 0.15) is 10.5 Å². The third kappa shape index (κ3) is 6.10. The molecule has 0 bridgehead atoms. The molecule has 1 N–H and O–H groups in total. The first-order valence-electron chi connectivity index (χ1n) is 9.00. The van der Waals surface area contributed by atoms with Crippen molar-refractivity contribution in [1.82, 2.24) is 10.3 Å². The van der Waals surface area contributed by atoms with E-state index in [1.54, 1.807) is 14.0 Å². The van der Waals surface area contributed by atoms with Crippen LogP contribution in [0.2, 0.25) is 0 Å². The van der Waals surface area contributed by atoms with Crippen LogP contribution >= 0.6 is 11.8 Å². The number of pyridine rings is 1. The number of ether oxygens (including phenoxy) is 1. The molecule has 6 heteroatoms. The van der Waals surface area contributed by atoms with E-state index in [1.807, 2.05) is 36.5 Å². The Balaban J connectivity index is 1.90. The molecular formula is C21H26N2O3S. The number of hydrogen-bond acceptors (Lipinski definition) is 5. The van der Waals surface area contributed by atoms with Crippen LogP contribution in [0.1, 0.15) is 30.7 Å². The van der Waals surface area contributed by atoms with E-state index in [2.05, 4.69) is 23.3 Å². The van der Waals surface area contributed by atoms with Crippen LogP contribution in [0, 0.1) is 0 Å². The van der Waals surface area contributed by atoms with Gasteiger partial charge in [-0.15, -0.1) is 0 Å². The molecule has 0 saturated heterocycles. The maximum absolute atomic E-state index is 12.1. The van der Waals surface area contributed by atoms with E-state index in [1.165, 1.54) is 5.56 Å². The van der Waals surface area contributed by atoms with Crippen molar-refractivity contribution in [1.29, 1.82) is 0 Å². The van der Waals surface area contributed by atoms with Gasteiger partial charge in [0.25, 0.3) is 0 Å². The number of carbonyl (C=O) groups excluding carboxylic acids is 2. The number of nitrogens with zero attached hydrogens (tertiary/aromatic N) is 1. The molecule has 0 spiro atoms. The zero-order chi connectivity index (χ0) is 19.7. The van der Waals surface area contributed by atoms with Crippen molar-refractivity contribution in [2.75, 3.05) is 13.7 Å². The Morgan fingerprint density at radius 3 is 2.48 bits per heavy atom. The number of amides is 1. The Kier molecular flexibility index (Phi) is 7.85. The standard InChI is InChI=1S/C21H26N2O3S/c1-4-16-5-8-18(23-14-16)11-12-26-19-9-6-17(7-10-19)13-21(2,27-15-24)20(25)22-3/h5-10,14-15H,4,11-13H2,1-3H3,(H,22,25). The fourth-order valence-electron chi connectivity index (χ4n) is 2.72. The van der Waals surface area contributed by atoms with E-state index >= 15 is 0 Å². The van der Waals surface area contributed by atoms with Crippen LogP contribution in [0.5, 0.6) is 5.75 Å². The van der Waals surface area contributed by atoms with Crippen LogP contribution in [0.4, 0.5) is 0 Å². The molecule has 1 unspecified atom stereocenters. The molecule has 0 radical (unpaired) electrons. The molecule has 1 atom stereocenters. The number of carbonyl (C=O) groups is 2. The molecule has 1 heterocycles. The van der Waals surface area contributed by atoms with Crippen molar-refractivity contribution in [2.24, 2.45) is 0 Å². The fraction of sp³-hybridized carbons (Fsp3) is 0.381. The average Bonchev–Trinajstić information content (AvgIpc) is 2.69. The zero-order valence-electron chi connectivity index (χ0n) is 16.0. The van der Waals surface area contributed by atoms with Gasteiger partial charge >= 0.3 is 0 Å². The van der Waals surface area contributed by atoms with Gasteiger partial charge in [0, 0.05) is 25.4 Å². The topological polar surface area (TPSA) is 68.3 Å². The molecule has 144 valence electrons. The molecule has 27 heavy (non-hydrogen) atoms. The van der Waals surface area contributed by atoms with Gasteiger partial charge in [-0.3, -0.25) is 14.6 Å². The smallest absolute Gasteiger partial charge is 0.236 e. The normalized spacial score (nSPS) is 12.9. The molecule has 0 aliphatic heterocycles. The highest BCUT2D eigenvalue weighted by atomic mass is 32.2. The van der Waals surface area contributed by atoms with Crippen LogP contribution < -0.4 is 10.1 Å². The Labute approximate surface area is 164 Å². The maximum Gasteiger partial charge on any atom is 0.236 e. The van der Waals surface area contributed by atoms with Crippen LogP contribution in [-0.2, 0) is 28.9 Å². The molecule has 2 aromatic rings. The van der Waals surface area contributed by atoms with Gasteiger partial charge in [-0.2, -0.15) is 0 Å². The van der Waals surface area contributed by atoms with Gasteiger partial charge in [0.2, 0.25) is 5.91 Å². The third-order valence-electron chi connectivity index (χ3n) is 4.40. The lowest BCUT2D eigenvalue weighted by atomic mass is 9.99. The molecule has 0 aliphatic rings. The Morgan fingerprint density at radius 2 is 1.93 bits per heavy atom. The lowest BCUT2D eigenvalue weighted by molar-refractivity contribution is -0.122. The molecule has 0 saturated carbocycles. The molecule has 1 aromatic carbocycles. The summed E-state index contributed by atoms with van der Waals surface area (Å²) in [4.78, 5) is 27.4. The Hall–Kier alpha value is -2.34. The second-order valence-corrected chi connectivity index (χ2v) is 7.78. The van der Waals surface area contributed by atoms with E-state index in [-0.39, 0.29) is 5.91 Å². The summed E-state index contributed by atoms with van der Waals surface area (Å²) >= 11 is 0.994. The van der Waals surface area contributed by atoms with E-state index in [9.17, 15) is 9.59 Å². The summed E-state index contributed by atoms with van der Waals surface area (Å²) in [5, 5.41) is 2.62. The zero-order valence-corrected chi connectivity index (χ0v) is 16.8. The van der Waals surface area contributed by atoms with Gasteiger partial charge < -0.3 is 10.1 Å². The number of hydrogen-bond donors (Lipinski definition) is 1.